The Morgan fingerprint density at radius 1 is 1.61 bits per heavy atom. The zero-order valence-corrected chi connectivity index (χ0v) is 11.7. The highest BCUT2D eigenvalue weighted by molar-refractivity contribution is 7.91. The van der Waals surface area contributed by atoms with Gasteiger partial charge in [0, 0.05) is 35.4 Å². The van der Waals surface area contributed by atoms with Crippen LogP contribution in [-0.2, 0) is 20.8 Å². The van der Waals surface area contributed by atoms with Crippen LogP contribution >= 0.6 is 11.3 Å². The molecule has 1 rings (SSSR count). The highest BCUT2D eigenvalue weighted by Gasteiger charge is 2.24. The number of hydrogen-bond donors (Lipinski definition) is 2. The Kier molecular flexibility index (Phi) is 4.78. The fraction of sp³-hybridized carbons (Fsp3) is 0.429. The van der Waals surface area contributed by atoms with E-state index in [1.165, 1.54) is 6.26 Å². The molecule has 0 aromatic carbocycles. The number of nitrogens with zero attached hydrogens (tertiary/aromatic N) is 1. The van der Waals surface area contributed by atoms with Crippen LogP contribution in [-0.4, -0.2) is 36.1 Å². The van der Waals surface area contributed by atoms with Gasteiger partial charge in [0.15, 0.2) is 5.00 Å². The van der Waals surface area contributed by atoms with E-state index in [1.54, 1.807) is 0 Å². The van der Waals surface area contributed by atoms with Gasteiger partial charge in [0.05, 0.1) is 4.92 Å². The molecular weight excluding hydrogens is 302 g/mol. The normalized spacial score (nSPS) is 13.4. The van der Waals surface area contributed by atoms with E-state index in [1.807, 2.05) is 0 Å². The quantitative estimate of drug-likeness (QED) is 0.556. The van der Waals surface area contributed by atoms with Crippen LogP contribution in [0.3, 0.4) is 0 Å². The second-order valence-electron chi connectivity index (χ2n) is 3.25. The standard InChI is InChI=1S/C7H11N3O5S3/c1-17(13)3-2-9-18(14,15)6-4-5(10(11)12)7(8)16-6/h4,9H,2-3,8H2,1H3. The lowest BCUT2D eigenvalue weighted by Gasteiger charge is -2.02. The van der Waals surface area contributed by atoms with Crippen LogP contribution in [0, 0.1) is 10.1 Å². The minimum atomic E-state index is -3.84. The van der Waals surface area contributed by atoms with Crippen molar-refractivity contribution in [2.75, 3.05) is 24.3 Å². The second kappa shape index (κ2) is 5.73. The first-order valence-electron chi connectivity index (χ1n) is 4.57. The van der Waals surface area contributed by atoms with Gasteiger partial charge in [0.1, 0.15) is 4.21 Å². The van der Waals surface area contributed by atoms with E-state index < -0.39 is 31.4 Å². The van der Waals surface area contributed by atoms with Gasteiger partial charge in [0.2, 0.25) is 10.0 Å². The Morgan fingerprint density at radius 3 is 2.67 bits per heavy atom. The summed E-state index contributed by atoms with van der Waals surface area (Å²) in [6.07, 6.45) is 1.45. The van der Waals surface area contributed by atoms with Crippen LogP contribution in [0.25, 0.3) is 0 Å². The average molecular weight is 313 g/mol. The molecule has 1 aromatic heterocycles. The SMILES string of the molecule is CS(=O)CCNS(=O)(=O)c1cc([N+](=O)[O-])c(N)s1. The number of sulfonamides is 1. The number of nitrogens with two attached hydrogens (primary N) is 1. The number of nitro groups is 1. The van der Waals surface area contributed by atoms with Gasteiger partial charge in [-0.1, -0.05) is 11.3 Å². The maximum Gasteiger partial charge on any atom is 0.304 e. The second-order valence-corrected chi connectivity index (χ2v) is 7.88. The van der Waals surface area contributed by atoms with E-state index in [9.17, 15) is 22.7 Å². The first kappa shape index (κ1) is 15.0. The lowest BCUT2D eigenvalue weighted by atomic mass is 10.5. The third-order valence-corrected chi connectivity index (χ3v) is 5.53. The summed E-state index contributed by atoms with van der Waals surface area (Å²) in [5.74, 6) is 0.169. The van der Waals surface area contributed by atoms with Crippen molar-refractivity contribution in [3.8, 4) is 0 Å². The molecule has 0 saturated carbocycles. The Balaban J connectivity index is 2.89. The largest absolute Gasteiger partial charge is 0.385 e. The van der Waals surface area contributed by atoms with Gasteiger partial charge >= 0.3 is 5.69 Å². The van der Waals surface area contributed by atoms with Gasteiger partial charge in [-0.25, -0.2) is 13.1 Å². The predicted molar refractivity (Wildman–Crippen MR) is 69.5 cm³/mol. The maximum absolute atomic E-state index is 11.7. The van der Waals surface area contributed by atoms with E-state index in [0.717, 1.165) is 6.07 Å². The topological polar surface area (TPSA) is 132 Å². The van der Waals surface area contributed by atoms with Crippen molar-refractivity contribution in [3.63, 3.8) is 0 Å². The molecule has 0 saturated heterocycles. The minimum Gasteiger partial charge on any atom is -0.385 e. The summed E-state index contributed by atoms with van der Waals surface area (Å²) in [7, 11) is -4.96. The third kappa shape index (κ3) is 3.73. The summed E-state index contributed by atoms with van der Waals surface area (Å²) in [5, 5.41) is 10.4. The lowest BCUT2D eigenvalue weighted by Crippen LogP contribution is -2.27. The Labute approximate surface area is 110 Å². The molecule has 0 radical (unpaired) electrons. The lowest BCUT2D eigenvalue weighted by molar-refractivity contribution is -0.383. The summed E-state index contributed by atoms with van der Waals surface area (Å²) >= 11 is 0.618. The molecule has 18 heavy (non-hydrogen) atoms. The van der Waals surface area contributed by atoms with Crippen molar-refractivity contribution < 1.29 is 17.6 Å². The van der Waals surface area contributed by atoms with E-state index >= 15 is 0 Å². The number of rotatable bonds is 6. The molecule has 1 unspecified atom stereocenters. The number of hydrogen-bond acceptors (Lipinski definition) is 7. The molecular formula is C7H11N3O5S3. The molecule has 102 valence electrons. The number of anilines is 1. The Bertz CT molecular complexity index is 579. The van der Waals surface area contributed by atoms with Gasteiger partial charge in [0.25, 0.3) is 0 Å². The van der Waals surface area contributed by atoms with Crippen molar-refractivity contribution >= 4 is 42.8 Å². The van der Waals surface area contributed by atoms with Gasteiger partial charge in [-0.3, -0.25) is 14.3 Å². The molecule has 0 aliphatic rings. The average Bonchev–Trinajstić information content (AvgIpc) is 2.60. The molecule has 1 aromatic rings. The molecule has 3 N–H and O–H groups in total. The van der Waals surface area contributed by atoms with Crippen LogP contribution in [0.1, 0.15) is 0 Å². The van der Waals surface area contributed by atoms with Crippen molar-refractivity contribution in [2.45, 2.75) is 4.21 Å². The number of thiophene rings is 1. The minimum absolute atomic E-state index is 0.00293. The molecule has 0 aliphatic heterocycles. The Hall–Kier alpha value is -1.04. The maximum atomic E-state index is 11.7. The first-order valence-corrected chi connectivity index (χ1v) is 8.60. The Morgan fingerprint density at radius 2 is 2.22 bits per heavy atom. The summed E-state index contributed by atoms with van der Waals surface area (Å²) < 4.78 is 36.2. The van der Waals surface area contributed by atoms with Crippen molar-refractivity contribution in [1.29, 1.82) is 0 Å². The van der Waals surface area contributed by atoms with E-state index in [2.05, 4.69) is 4.72 Å². The van der Waals surface area contributed by atoms with E-state index in [-0.39, 0.29) is 21.5 Å². The van der Waals surface area contributed by atoms with Crippen molar-refractivity contribution in [2.24, 2.45) is 0 Å². The van der Waals surface area contributed by atoms with Gasteiger partial charge < -0.3 is 5.73 Å². The van der Waals surface area contributed by atoms with Gasteiger partial charge in [-0.05, 0) is 0 Å². The van der Waals surface area contributed by atoms with E-state index in [0.29, 0.717) is 11.3 Å². The molecule has 8 nitrogen and oxygen atoms in total. The molecule has 0 bridgehead atoms. The molecule has 11 heteroatoms. The third-order valence-electron chi connectivity index (χ3n) is 1.86. The van der Waals surface area contributed by atoms with Gasteiger partial charge in [-0.15, -0.1) is 0 Å². The summed E-state index contributed by atoms with van der Waals surface area (Å²) in [4.78, 5) is 9.80. The van der Waals surface area contributed by atoms with Crippen LogP contribution in [0.4, 0.5) is 10.7 Å². The molecule has 0 amide bonds. The summed E-state index contributed by atoms with van der Waals surface area (Å²) in [5.41, 5.74) is 4.92. The van der Waals surface area contributed by atoms with Crippen LogP contribution in [0.5, 0.6) is 0 Å². The molecule has 1 atom stereocenters. The molecule has 0 fully saturated rings. The zero-order valence-electron chi connectivity index (χ0n) is 9.28. The smallest absolute Gasteiger partial charge is 0.304 e. The molecule has 1 heterocycles. The summed E-state index contributed by atoms with van der Waals surface area (Å²) in [6, 6.07) is 0.908. The molecule has 0 spiro atoms. The summed E-state index contributed by atoms with van der Waals surface area (Å²) in [6.45, 7) is -0.00293. The van der Waals surface area contributed by atoms with Crippen molar-refractivity contribution in [1.82, 2.24) is 4.72 Å². The first-order chi connectivity index (χ1) is 8.24. The fourth-order valence-electron chi connectivity index (χ4n) is 1.04. The van der Waals surface area contributed by atoms with Gasteiger partial charge in [-0.2, -0.15) is 0 Å². The van der Waals surface area contributed by atoms with Crippen LogP contribution < -0.4 is 10.5 Å². The number of nitrogen functional groups attached to an aromatic ring is 1. The molecule has 0 aliphatic carbocycles. The van der Waals surface area contributed by atoms with E-state index in [4.69, 9.17) is 5.73 Å². The van der Waals surface area contributed by atoms with Crippen molar-refractivity contribution in [3.05, 3.63) is 16.2 Å². The fourth-order valence-corrected chi connectivity index (χ4v) is 3.85. The number of nitrogens with one attached hydrogen (secondary N) is 1. The monoisotopic (exact) mass is 313 g/mol. The van der Waals surface area contributed by atoms with Crippen LogP contribution in [0.15, 0.2) is 10.3 Å². The highest BCUT2D eigenvalue weighted by Crippen LogP contribution is 2.34. The highest BCUT2D eigenvalue weighted by atomic mass is 32.2. The zero-order chi connectivity index (χ0) is 13.9. The predicted octanol–water partition coefficient (Wildman–Crippen LogP) is -0.105. The van der Waals surface area contributed by atoms with Crippen LogP contribution in [0.2, 0.25) is 0 Å².